The monoisotopic (exact) mass is 439 g/mol. The van der Waals surface area contributed by atoms with E-state index in [9.17, 15) is 4.79 Å². The lowest BCUT2D eigenvalue weighted by atomic mass is 10.2. The number of benzene rings is 2. The van der Waals surface area contributed by atoms with Crippen LogP contribution in [0.25, 0.3) is 16.3 Å². The van der Waals surface area contributed by atoms with E-state index < -0.39 is 6.10 Å². The predicted molar refractivity (Wildman–Crippen MR) is 117 cm³/mol. The highest BCUT2D eigenvalue weighted by atomic mass is 32.1. The van der Waals surface area contributed by atoms with E-state index in [0.29, 0.717) is 33.2 Å². The van der Waals surface area contributed by atoms with Crippen molar-refractivity contribution in [3.63, 3.8) is 0 Å². The molecule has 2 aromatic carbocycles. The highest BCUT2D eigenvalue weighted by Crippen LogP contribution is 2.32. The largest absolute Gasteiger partial charge is 0.493 e. The second-order valence-corrected chi connectivity index (χ2v) is 7.72. The fourth-order valence-electron chi connectivity index (χ4n) is 2.98. The summed E-state index contributed by atoms with van der Waals surface area (Å²) < 4.78 is 17.9. The Balaban J connectivity index is 1.53. The van der Waals surface area contributed by atoms with Crippen LogP contribution in [0.4, 0.5) is 5.13 Å². The summed E-state index contributed by atoms with van der Waals surface area (Å²) in [5, 5.41) is 16.0. The average molecular weight is 439 g/mol. The Kier molecular flexibility index (Phi) is 5.72. The van der Waals surface area contributed by atoms with Crippen molar-refractivity contribution in [2.45, 2.75) is 20.0 Å². The number of aryl methyl sites for hydroxylation is 1. The van der Waals surface area contributed by atoms with Gasteiger partial charge in [-0.05, 0) is 49.7 Å². The maximum Gasteiger partial charge on any atom is 0.266 e. The molecule has 31 heavy (non-hydrogen) atoms. The average Bonchev–Trinajstić information content (AvgIpc) is 3.33. The molecule has 0 bridgehead atoms. The SMILES string of the molecule is COc1ccc(-c2nnc3sc(NC(=O)[C@@H](C)Oc4cccc(C)c4)nn23)cc1OC. The Morgan fingerprint density at radius 3 is 2.65 bits per heavy atom. The zero-order chi connectivity index (χ0) is 22.0. The van der Waals surface area contributed by atoms with Crippen LogP contribution in [0.5, 0.6) is 17.2 Å². The highest BCUT2D eigenvalue weighted by molar-refractivity contribution is 7.20. The van der Waals surface area contributed by atoms with Crippen LogP contribution in [0.1, 0.15) is 12.5 Å². The van der Waals surface area contributed by atoms with Gasteiger partial charge in [0.25, 0.3) is 5.91 Å². The van der Waals surface area contributed by atoms with Gasteiger partial charge in [-0.1, -0.05) is 23.5 Å². The lowest BCUT2D eigenvalue weighted by molar-refractivity contribution is -0.122. The van der Waals surface area contributed by atoms with Gasteiger partial charge in [0, 0.05) is 5.56 Å². The van der Waals surface area contributed by atoms with Crippen LogP contribution < -0.4 is 19.5 Å². The summed E-state index contributed by atoms with van der Waals surface area (Å²) in [6, 6.07) is 13.0. The molecule has 0 saturated carbocycles. The third-order valence-corrected chi connectivity index (χ3v) is 5.35. The van der Waals surface area contributed by atoms with Crippen LogP contribution >= 0.6 is 11.3 Å². The van der Waals surface area contributed by atoms with Crippen molar-refractivity contribution in [3.05, 3.63) is 48.0 Å². The fourth-order valence-corrected chi connectivity index (χ4v) is 3.72. The Morgan fingerprint density at radius 2 is 1.90 bits per heavy atom. The summed E-state index contributed by atoms with van der Waals surface area (Å²) in [6.07, 6.45) is -0.693. The van der Waals surface area contributed by atoms with Crippen LogP contribution in [0.15, 0.2) is 42.5 Å². The molecule has 2 heterocycles. The maximum absolute atomic E-state index is 12.6. The molecule has 4 aromatic rings. The number of fused-ring (bicyclic) bond motifs is 1. The number of hydrogen-bond acceptors (Lipinski definition) is 8. The number of anilines is 1. The van der Waals surface area contributed by atoms with Gasteiger partial charge in [-0.15, -0.1) is 15.3 Å². The first-order chi connectivity index (χ1) is 15.0. The molecule has 0 fully saturated rings. The molecular weight excluding hydrogens is 418 g/mol. The summed E-state index contributed by atoms with van der Waals surface area (Å²) in [6.45, 7) is 3.65. The molecule has 0 spiro atoms. The zero-order valence-electron chi connectivity index (χ0n) is 17.4. The molecular formula is C21H21N5O4S. The predicted octanol–water partition coefficient (Wildman–Crippen LogP) is 3.58. The normalized spacial score (nSPS) is 11.9. The van der Waals surface area contributed by atoms with Crippen LogP contribution in [-0.2, 0) is 4.79 Å². The maximum atomic E-state index is 12.6. The number of aromatic nitrogens is 4. The molecule has 10 heteroatoms. The first-order valence-electron chi connectivity index (χ1n) is 9.47. The number of carbonyl (C=O) groups excluding carboxylic acids is 1. The molecule has 0 aliphatic rings. The summed E-state index contributed by atoms with van der Waals surface area (Å²) in [4.78, 5) is 13.1. The number of ether oxygens (including phenoxy) is 3. The Labute approximate surface area is 182 Å². The van der Waals surface area contributed by atoms with Gasteiger partial charge in [-0.2, -0.15) is 4.52 Å². The molecule has 1 atom stereocenters. The van der Waals surface area contributed by atoms with E-state index in [2.05, 4.69) is 20.6 Å². The van der Waals surface area contributed by atoms with Crippen LogP contribution in [0, 0.1) is 6.92 Å². The number of amides is 1. The third kappa shape index (κ3) is 4.29. The molecule has 9 nitrogen and oxygen atoms in total. The second-order valence-electron chi connectivity index (χ2n) is 6.76. The minimum Gasteiger partial charge on any atom is -0.493 e. The molecule has 2 aromatic heterocycles. The van der Waals surface area contributed by atoms with Gasteiger partial charge in [-0.25, -0.2) is 0 Å². The van der Waals surface area contributed by atoms with Crippen LogP contribution in [0.2, 0.25) is 0 Å². The molecule has 0 saturated heterocycles. The van der Waals surface area contributed by atoms with Crippen molar-refractivity contribution in [3.8, 4) is 28.6 Å². The number of methoxy groups -OCH3 is 2. The molecule has 0 aliphatic carbocycles. The van der Waals surface area contributed by atoms with Crippen LogP contribution in [-0.4, -0.2) is 46.0 Å². The minimum absolute atomic E-state index is 0.306. The Hall–Kier alpha value is -3.66. The van der Waals surface area contributed by atoms with Gasteiger partial charge in [-0.3, -0.25) is 10.1 Å². The van der Waals surface area contributed by atoms with E-state index in [-0.39, 0.29) is 5.91 Å². The van der Waals surface area contributed by atoms with E-state index in [0.717, 1.165) is 11.1 Å². The minimum atomic E-state index is -0.693. The lowest BCUT2D eigenvalue weighted by Gasteiger charge is -2.13. The van der Waals surface area contributed by atoms with E-state index in [1.165, 1.54) is 11.3 Å². The molecule has 1 N–H and O–H groups in total. The van der Waals surface area contributed by atoms with E-state index in [1.807, 2.05) is 37.3 Å². The highest BCUT2D eigenvalue weighted by Gasteiger charge is 2.20. The fraction of sp³-hybridized carbons (Fsp3) is 0.238. The summed E-state index contributed by atoms with van der Waals surface area (Å²) in [7, 11) is 3.14. The molecule has 0 aliphatic heterocycles. The van der Waals surface area contributed by atoms with Crippen molar-refractivity contribution < 1.29 is 19.0 Å². The van der Waals surface area contributed by atoms with Crippen molar-refractivity contribution in [2.24, 2.45) is 0 Å². The quantitative estimate of drug-likeness (QED) is 0.470. The van der Waals surface area contributed by atoms with E-state index in [4.69, 9.17) is 14.2 Å². The first kappa shape index (κ1) is 20.6. The number of nitrogens with one attached hydrogen (secondary N) is 1. The van der Waals surface area contributed by atoms with Gasteiger partial charge in [0.05, 0.1) is 14.2 Å². The molecule has 0 unspecified atom stereocenters. The first-order valence-corrected chi connectivity index (χ1v) is 10.3. The van der Waals surface area contributed by atoms with Gasteiger partial charge >= 0.3 is 0 Å². The van der Waals surface area contributed by atoms with Crippen molar-refractivity contribution in [1.29, 1.82) is 0 Å². The van der Waals surface area contributed by atoms with Gasteiger partial charge < -0.3 is 14.2 Å². The standard InChI is InChI=1S/C21H21N5O4S/c1-12-6-5-7-15(10-12)30-13(2)19(27)22-20-25-26-18(23-24-21(26)31-20)14-8-9-16(28-3)17(11-14)29-4/h5-11,13H,1-4H3,(H,22,25,27)/t13-/m1/s1. The third-order valence-electron chi connectivity index (χ3n) is 4.53. The number of carbonyl (C=O) groups is 1. The number of rotatable bonds is 7. The van der Waals surface area contributed by atoms with Crippen molar-refractivity contribution in [1.82, 2.24) is 19.8 Å². The Morgan fingerprint density at radius 1 is 1.10 bits per heavy atom. The molecule has 1 amide bonds. The lowest BCUT2D eigenvalue weighted by Crippen LogP contribution is -2.30. The summed E-state index contributed by atoms with van der Waals surface area (Å²) in [5.41, 5.74) is 1.81. The smallest absolute Gasteiger partial charge is 0.266 e. The summed E-state index contributed by atoms with van der Waals surface area (Å²) >= 11 is 1.22. The molecule has 4 rings (SSSR count). The van der Waals surface area contributed by atoms with Gasteiger partial charge in [0.1, 0.15) is 5.75 Å². The van der Waals surface area contributed by atoms with Crippen molar-refractivity contribution in [2.75, 3.05) is 19.5 Å². The van der Waals surface area contributed by atoms with Crippen LogP contribution in [0.3, 0.4) is 0 Å². The summed E-state index contributed by atoms with van der Waals surface area (Å²) in [5.74, 6) is 2.04. The second kappa shape index (κ2) is 8.60. The topological polar surface area (TPSA) is 99.9 Å². The van der Waals surface area contributed by atoms with Gasteiger partial charge in [0.15, 0.2) is 23.4 Å². The Bertz CT molecular complexity index is 1240. The zero-order valence-corrected chi connectivity index (χ0v) is 18.3. The van der Waals surface area contributed by atoms with Crippen molar-refractivity contribution >= 4 is 27.3 Å². The van der Waals surface area contributed by atoms with E-state index >= 15 is 0 Å². The molecule has 0 radical (unpaired) electrons. The molecule has 160 valence electrons. The van der Waals surface area contributed by atoms with E-state index in [1.54, 1.807) is 37.8 Å². The number of hydrogen-bond donors (Lipinski definition) is 1. The number of nitrogens with zero attached hydrogens (tertiary/aromatic N) is 4. The van der Waals surface area contributed by atoms with Gasteiger partial charge in [0.2, 0.25) is 10.1 Å².